The molecule has 0 saturated carbocycles. The smallest absolute Gasteiger partial charge is 0.228 e. The van der Waals surface area contributed by atoms with E-state index in [4.69, 9.17) is 0 Å². The average molecular weight is 364 g/mol. The first-order valence-corrected chi connectivity index (χ1v) is 11.0. The molecule has 0 aromatic carbocycles. The molecule has 1 saturated heterocycles. The van der Waals surface area contributed by atoms with Crippen LogP contribution in [0.5, 0.6) is 0 Å². The fourth-order valence-corrected chi connectivity index (χ4v) is 4.96. The molecule has 0 radical (unpaired) electrons. The van der Waals surface area contributed by atoms with Crippen molar-refractivity contribution in [1.29, 1.82) is 0 Å². The molecular formula is C13H21N3O3S3. The van der Waals surface area contributed by atoms with E-state index in [9.17, 15) is 13.2 Å². The van der Waals surface area contributed by atoms with Crippen LogP contribution in [0.2, 0.25) is 0 Å². The Bertz CT molecular complexity index is 607. The second-order valence-corrected chi connectivity index (χ2v) is 9.41. The minimum absolute atomic E-state index is 0.0640. The van der Waals surface area contributed by atoms with E-state index >= 15 is 0 Å². The minimum Gasteiger partial charge on any atom is -0.342 e. The number of piperidine rings is 1. The molecule has 0 spiro atoms. The highest BCUT2D eigenvalue weighted by Crippen LogP contribution is 2.23. The first-order chi connectivity index (χ1) is 10.4. The highest BCUT2D eigenvalue weighted by atomic mass is 32.2. The van der Waals surface area contributed by atoms with Gasteiger partial charge in [-0.25, -0.2) is 18.1 Å². The molecule has 1 aromatic rings. The van der Waals surface area contributed by atoms with Crippen LogP contribution >= 0.6 is 23.1 Å². The van der Waals surface area contributed by atoms with Gasteiger partial charge in [0.2, 0.25) is 15.9 Å². The van der Waals surface area contributed by atoms with Crippen molar-refractivity contribution in [3.63, 3.8) is 0 Å². The summed E-state index contributed by atoms with van der Waals surface area (Å²) in [5.74, 6) is 1.04. The average Bonchev–Trinajstić information content (AvgIpc) is 2.85. The standard InChI is InChI=1S/C13H21N3O3S3/c1-3-20-13-14-11(9-21-13)8-12(17)16-6-4-10(5-7-16)15-22(2,18)19/h9-10,15H,3-8H2,1-2H3. The summed E-state index contributed by atoms with van der Waals surface area (Å²) in [5, 5.41) is 1.94. The van der Waals surface area contributed by atoms with Gasteiger partial charge in [-0.1, -0.05) is 18.7 Å². The van der Waals surface area contributed by atoms with Gasteiger partial charge in [0.1, 0.15) is 4.34 Å². The summed E-state index contributed by atoms with van der Waals surface area (Å²) < 4.78 is 26.0. The van der Waals surface area contributed by atoms with Crippen molar-refractivity contribution in [2.24, 2.45) is 0 Å². The first-order valence-electron chi connectivity index (χ1n) is 7.19. The number of hydrogen-bond donors (Lipinski definition) is 1. The predicted octanol–water partition coefficient (Wildman–Crippen LogP) is 1.34. The van der Waals surface area contributed by atoms with E-state index in [1.807, 2.05) is 5.38 Å². The zero-order valence-electron chi connectivity index (χ0n) is 12.7. The lowest BCUT2D eigenvalue weighted by Crippen LogP contribution is -2.46. The Balaban J connectivity index is 1.81. The SMILES string of the molecule is CCSc1nc(CC(=O)N2CCC(NS(C)(=O)=O)CC2)cs1. The third kappa shape index (κ3) is 5.53. The summed E-state index contributed by atoms with van der Waals surface area (Å²) in [5.41, 5.74) is 0.822. The largest absolute Gasteiger partial charge is 0.342 e. The Hall–Kier alpha value is -0.640. The Labute approximate surface area is 139 Å². The molecule has 1 aliphatic heterocycles. The molecule has 1 fully saturated rings. The number of carbonyl (C=O) groups excluding carboxylic acids is 1. The lowest BCUT2D eigenvalue weighted by Gasteiger charge is -2.31. The third-order valence-electron chi connectivity index (χ3n) is 3.36. The van der Waals surface area contributed by atoms with E-state index in [1.165, 1.54) is 6.26 Å². The lowest BCUT2D eigenvalue weighted by atomic mass is 10.1. The van der Waals surface area contributed by atoms with Gasteiger partial charge in [-0.15, -0.1) is 11.3 Å². The molecule has 6 nitrogen and oxygen atoms in total. The number of thiazole rings is 1. The number of amides is 1. The molecule has 1 aromatic heterocycles. The molecule has 22 heavy (non-hydrogen) atoms. The van der Waals surface area contributed by atoms with E-state index in [0.717, 1.165) is 15.8 Å². The van der Waals surface area contributed by atoms with Crippen LogP contribution in [0.15, 0.2) is 9.72 Å². The number of aromatic nitrogens is 1. The maximum atomic E-state index is 12.3. The van der Waals surface area contributed by atoms with Gasteiger partial charge in [0, 0.05) is 24.5 Å². The quantitative estimate of drug-likeness (QED) is 0.772. The van der Waals surface area contributed by atoms with Crippen molar-refractivity contribution >= 4 is 39.0 Å². The summed E-state index contributed by atoms with van der Waals surface area (Å²) in [7, 11) is -3.18. The number of likely N-dealkylation sites (tertiary alicyclic amines) is 1. The van der Waals surface area contributed by atoms with Crippen LogP contribution in [0.25, 0.3) is 0 Å². The van der Waals surface area contributed by atoms with Crippen molar-refractivity contribution in [2.45, 2.75) is 36.6 Å². The monoisotopic (exact) mass is 363 g/mol. The molecule has 2 rings (SSSR count). The maximum absolute atomic E-state index is 12.3. The first kappa shape index (κ1) is 17.7. The Morgan fingerprint density at radius 1 is 1.50 bits per heavy atom. The van der Waals surface area contributed by atoms with Crippen molar-refractivity contribution in [3.8, 4) is 0 Å². The van der Waals surface area contributed by atoms with Crippen molar-refractivity contribution in [2.75, 3.05) is 25.1 Å². The van der Waals surface area contributed by atoms with E-state index in [1.54, 1.807) is 28.0 Å². The topological polar surface area (TPSA) is 79.4 Å². The second kappa shape index (κ2) is 7.76. The van der Waals surface area contributed by atoms with Crippen molar-refractivity contribution < 1.29 is 13.2 Å². The minimum atomic E-state index is -3.18. The van der Waals surface area contributed by atoms with Gasteiger partial charge >= 0.3 is 0 Å². The second-order valence-electron chi connectivity index (χ2n) is 5.26. The van der Waals surface area contributed by atoms with Crippen LogP contribution < -0.4 is 4.72 Å². The van der Waals surface area contributed by atoms with Crippen LogP contribution in [0.1, 0.15) is 25.5 Å². The molecule has 2 heterocycles. The lowest BCUT2D eigenvalue weighted by molar-refractivity contribution is -0.131. The van der Waals surface area contributed by atoms with Crippen LogP contribution in [0.3, 0.4) is 0 Å². The molecule has 124 valence electrons. The molecule has 1 aliphatic rings. The molecule has 0 unspecified atom stereocenters. The summed E-state index contributed by atoms with van der Waals surface area (Å²) in [4.78, 5) is 18.5. The van der Waals surface area contributed by atoms with Gasteiger partial charge in [0.25, 0.3) is 0 Å². The predicted molar refractivity (Wildman–Crippen MR) is 89.8 cm³/mol. The van der Waals surface area contributed by atoms with Gasteiger partial charge in [-0.3, -0.25) is 4.79 Å². The summed E-state index contributed by atoms with van der Waals surface area (Å²) in [6.07, 6.45) is 2.81. The van der Waals surface area contributed by atoms with E-state index in [2.05, 4.69) is 16.6 Å². The number of hydrogen-bond acceptors (Lipinski definition) is 6. The molecule has 0 bridgehead atoms. The van der Waals surface area contributed by atoms with Crippen LogP contribution in [0.4, 0.5) is 0 Å². The van der Waals surface area contributed by atoms with Crippen molar-refractivity contribution in [3.05, 3.63) is 11.1 Å². The highest BCUT2D eigenvalue weighted by molar-refractivity contribution is 8.00. The number of sulfonamides is 1. The fraction of sp³-hybridized carbons (Fsp3) is 0.692. The number of rotatable bonds is 6. The van der Waals surface area contributed by atoms with E-state index < -0.39 is 10.0 Å². The Morgan fingerprint density at radius 3 is 2.77 bits per heavy atom. The van der Waals surface area contributed by atoms with E-state index in [0.29, 0.717) is 32.4 Å². The van der Waals surface area contributed by atoms with Crippen LogP contribution in [-0.2, 0) is 21.2 Å². The van der Waals surface area contributed by atoms with Gasteiger partial charge in [0.15, 0.2) is 0 Å². The maximum Gasteiger partial charge on any atom is 0.228 e. The number of thioether (sulfide) groups is 1. The van der Waals surface area contributed by atoms with Gasteiger partial charge < -0.3 is 4.90 Å². The van der Waals surface area contributed by atoms with Crippen LogP contribution in [0, 0.1) is 0 Å². The van der Waals surface area contributed by atoms with Gasteiger partial charge in [-0.05, 0) is 18.6 Å². The molecule has 0 atom stereocenters. The summed E-state index contributed by atoms with van der Waals surface area (Å²) >= 11 is 3.26. The number of nitrogens with zero attached hydrogens (tertiary/aromatic N) is 2. The number of carbonyl (C=O) groups is 1. The van der Waals surface area contributed by atoms with Gasteiger partial charge in [-0.2, -0.15) is 0 Å². The third-order valence-corrected chi connectivity index (χ3v) is 6.07. The van der Waals surface area contributed by atoms with E-state index in [-0.39, 0.29) is 11.9 Å². The molecule has 0 aliphatic carbocycles. The molecular weight excluding hydrogens is 342 g/mol. The summed E-state index contributed by atoms with van der Waals surface area (Å²) in [6, 6.07) is -0.0640. The Kier molecular flexibility index (Phi) is 6.25. The fourth-order valence-electron chi connectivity index (χ4n) is 2.38. The zero-order chi connectivity index (χ0) is 16.2. The molecule has 9 heteroatoms. The van der Waals surface area contributed by atoms with Gasteiger partial charge in [0.05, 0.1) is 18.4 Å². The zero-order valence-corrected chi connectivity index (χ0v) is 15.2. The molecule has 1 N–H and O–H groups in total. The van der Waals surface area contributed by atoms with Crippen LogP contribution in [-0.4, -0.2) is 55.3 Å². The summed E-state index contributed by atoms with van der Waals surface area (Å²) in [6.45, 7) is 3.25. The number of nitrogens with one attached hydrogen (secondary N) is 1. The molecule has 1 amide bonds. The van der Waals surface area contributed by atoms with Crippen molar-refractivity contribution in [1.82, 2.24) is 14.6 Å². The highest BCUT2D eigenvalue weighted by Gasteiger charge is 2.24. The normalized spacial score (nSPS) is 16.9. The Morgan fingerprint density at radius 2 is 2.18 bits per heavy atom.